The van der Waals surface area contributed by atoms with Crippen LogP contribution in [0.4, 0.5) is 0 Å². The summed E-state index contributed by atoms with van der Waals surface area (Å²) in [7, 11) is 0. The number of nitrogens with zero attached hydrogens (tertiary/aromatic N) is 2. The normalized spacial score (nSPS) is 34.1. The number of rotatable bonds is 1. The smallest absolute Gasteiger partial charge is 0.240 e. The van der Waals surface area contributed by atoms with Crippen molar-refractivity contribution in [3.63, 3.8) is 0 Å². The molecular weight excluding hydrogens is 302 g/mol. The molecule has 1 N–H and O–H groups in total. The minimum atomic E-state index is 0.105. The molecule has 0 saturated carbocycles. The minimum absolute atomic E-state index is 0.105. The van der Waals surface area contributed by atoms with E-state index in [9.17, 15) is 4.79 Å². The third-order valence-corrected chi connectivity index (χ3v) is 6.85. The van der Waals surface area contributed by atoms with Crippen molar-refractivity contribution in [2.45, 2.75) is 18.9 Å². The Morgan fingerprint density at radius 1 is 1.33 bits per heavy atom. The highest BCUT2D eigenvalue weighted by atomic mass is 32.2. The van der Waals surface area contributed by atoms with Gasteiger partial charge >= 0.3 is 0 Å². The van der Waals surface area contributed by atoms with Gasteiger partial charge in [-0.3, -0.25) is 9.69 Å². The van der Waals surface area contributed by atoms with Gasteiger partial charge in [0.1, 0.15) is 11.7 Å². The second kappa shape index (κ2) is 4.44. The first-order chi connectivity index (χ1) is 10.3. The molecule has 0 aliphatic carbocycles. The second-order valence-corrected chi connectivity index (χ2v) is 7.96. The van der Waals surface area contributed by atoms with Crippen LogP contribution in [0.5, 0.6) is 0 Å². The van der Waals surface area contributed by atoms with Crippen molar-refractivity contribution >= 4 is 34.2 Å². The van der Waals surface area contributed by atoms with Crippen molar-refractivity contribution in [2.24, 2.45) is 10.9 Å². The number of thioether (sulfide) groups is 1. The number of carbonyl (C=O) groups is 1. The largest absolute Gasteiger partial charge is 0.302 e. The molecular formula is C15H16N3OS2+. The average molecular weight is 318 g/mol. The lowest BCUT2D eigenvalue weighted by Crippen LogP contribution is -3.13. The molecule has 1 atom stereocenters. The van der Waals surface area contributed by atoms with E-state index in [-0.39, 0.29) is 11.9 Å². The number of piperidine rings is 1. The van der Waals surface area contributed by atoms with Crippen LogP contribution in [0.25, 0.3) is 0 Å². The van der Waals surface area contributed by atoms with E-state index >= 15 is 0 Å². The maximum atomic E-state index is 12.4. The topological polar surface area (TPSA) is 37.1 Å². The Balaban J connectivity index is 1.72. The fourth-order valence-electron chi connectivity index (χ4n) is 4.06. The summed E-state index contributed by atoms with van der Waals surface area (Å²) in [4.78, 5) is 22.1. The van der Waals surface area contributed by atoms with Crippen molar-refractivity contribution in [1.82, 2.24) is 4.90 Å². The Hall–Kier alpha value is -1.11. The lowest BCUT2D eigenvalue weighted by molar-refractivity contribution is -0.876. The van der Waals surface area contributed by atoms with Gasteiger partial charge in [-0.1, -0.05) is 17.8 Å². The number of fused-ring (bicyclic) bond motifs is 3. The van der Waals surface area contributed by atoms with E-state index in [0.717, 1.165) is 5.17 Å². The van der Waals surface area contributed by atoms with Crippen molar-refractivity contribution in [1.29, 1.82) is 0 Å². The van der Waals surface area contributed by atoms with Crippen molar-refractivity contribution in [3.05, 3.63) is 33.8 Å². The molecule has 2 saturated heterocycles. The van der Waals surface area contributed by atoms with Crippen molar-refractivity contribution in [2.75, 3.05) is 18.8 Å². The molecule has 2 fully saturated rings. The van der Waals surface area contributed by atoms with Gasteiger partial charge in [0.2, 0.25) is 5.91 Å². The van der Waals surface area contributed by atoms with E-state index in [1.165, 1.54) is 42.2 Å². The number of hydrogen-bond acceptors (Lipinski definition) is 4. The Morgan fingerprint density at radius 2 is 2.19 bits per heavy atom. The van der Waals surface area contributed by atoms with Crippen LogP contribution >= 0.6 is 23.1 Å². The summed E-state index contributed by atoms with van der Waals surface area (Å²) in [5.41, 5.74) is 2.69. The molecule has 4 nitrogen and oxygen atoms in total. The van der Waals surface area contributed by atoms with Crippen LogP contribution in [-0.2, 0) is 4.79 Å². The van der Waals surface area contributed by atoms with Crippen molar-refractivity contribution < 1.29 is 9.69 Å². The minimum Gasteiger partial charge on any atom is -0.302 e. The van der Waals surface area contributed by atoms with E-state index in [1.54, 1.807) is 28.0 Å². The highest BCUT2D eigenvalue weighted by Gasteiger charge is 2.50. The van der Waals surface area contributed by atoms with Crippen LogP contribution in [0.3, 0.4) is 0 Å². The summed E-state index contributed by atoms with van der Waals surface area (Å²) >= 11 is 3.36. The summed E-state index contributed by atoms with van der Waals surface area (Å²) in [6, 6.07) is 4.36. The number of amidine groups is 1. The number of allylic oxidation sites excluding steroid dienone is 1. The van der Waals surface area contributed by atoms with Crippen LogP contribution in [0.15, 0.2) is 33.9 Å². The quantitative estimate of drug-likeness (QED) is 0.846. The Bertz CT molecular complexity index is 671. The van der Waals surface area contributed by atoms with Gasteiger partial charge in [0.25, 0.3) is 0 Å². The summed E-state index contributed by atoms with van der Waals surface area (Å²) in [6.45, 7) is 2.40. The molecule has 21 heavy (non-hydrogen) atoms. The summed E-state index contributed by atoms with van der Waals surface area (Å²) < 4.78 is 0. The van der Waals surface area contributed by atoms with E-state index in [1.807, 2.05) is 4.90 Å². The van der Waals surface area contributed by atoms with Crippen LogP contribution in [0.2, 0.25) is 0 Å². The zero-order chi connectivity index (χ0) is 14.0. The third kappa shape index (κ3) is 1.67. The Labute approximate surface area is 131 Å². The lowest BCUT2D eigenvalue weighted by Gasteiger charge is -2.44. The van der Waals surface area contributed by atoms with Gasteiger partial charge in [0, 0.05) is 23.6 Å². The van der Waals surface area contributed by atoms with Crippen molar-refractivity contribution in [3.8, 4) is 0 Å². The van der Waals surface area contributed by atoms with E-state index < -0.39 is 0 Å². The molecule has 5 aliphatic heterocycles. The highest BCUT2D eigenvalue weighted by molar-refractivity contribution is 8.15. The van der Waals surface area contributed by atoms with Gasteiger partial charge in [0.15, 0.2) is 10.9 Å². The first-order valence-electron chi connectivity index (χ1n) is 7.49. The van der Waals surface area contributed by atoms with E-state index in [0.29, 0.717) is 11.7 Å². The molecule has 2 bridgehead atoms. The first kappa shape index (κ1) is 12.4. The predicted octanol–water partition coefficient (Wildman–Crippen LogP) is 1.25. The second-order valence-electron chi connectivity index (χ2n) is 6.04. The van der Waals surface area contributed by atoms with Gasteiger partial charge in [-0.05, 0) is 11.4 Å². The van der Waals surface area contributed by atoms with Gasteiger partial charge in [0.05, 0.1) is 18.8 Å². The van der Waals surface area contributed by atoms with E-state index in [2.05, 4.69) is 17.5 Å². The molecule has 1 amide bonds. The molecule has 1 aromatic rings. The molecule has 0 unspecified atom stereocenters. The number of aliphatic imine (C=N–C) groups is 1. The summed E-state index contributed by atoms with van der Waals surface area (Å²) in [5.74, 6) is 1.37. The predicted molar refractivity (Wildman–Crippen MR) is 84.2 cm³/mol. The molecule has 108 valence electrons. The van der Waals surface area contributed by atoms with Gasteiger partial charge in [-0.15, -0.1) is 11.3 Å². The number of nitrogens with one attached hydrogen (secondary N) is 1. The molecule has 6 rings (SSSR count). The monoisotopic (exact) mass is 318 g/mol. The molecule has 1 aromatic heterocycles. The van der Waals surface area contributed by atoms with E-state index in [4.69, 9.17) is 4.99 Å². The molecule has 0 aromatic carbocycles. The Kier molecular flexibility index (Phi) is 2.63. The number of amides is 1. The molecule has 0 radical (unpaired) electrons. The number of thiophene rings is 1. The fourth-order valence-corrected chi connectivity index (χ4v) is 5.78. The first-order valence-corrected chi connectivity index (χ1v) is 9.35. The van der Waals surface area contributed by atoms with Gasteiger partial charge in [-0.25, -0.2) is 4.99 Å². The standard InChI is InChI=1S/C15H15N3OS2/c19-11-8-21-15-16-12-9-3-5-17(6-4-9)14(12)13(18(11)15)10-2-1-7-20-10/h1-2,7,9,13H,3-6,8H2/p+1/t13-/m1/s1. The number of carbonyl (C=O) groups excluding carboxylic acids is 1. The van der Waals surface area contributed by atoms with Gasteiger partial charge in [-0.2, -0.15) is 0 Å². The summed E-state index contributed by atoms with van der Waals surface area (Å²) in [5, 5.41) is 3.05. The third-order valence-electron chi connectivity index (χ3n) is 4.99. The maximum Gasteiger partial charge on any atom is 0.240 e. The molecule has 6 heteroatoms. The number of hydrogen-bond donors (Lipinski definition) is 1. The Morgan fingerprint density at radius 3 is 2.95 bits per heavy atom. The zero-order valence-corrected chi connectivity index (χ0v) is 13.2. The molecule has 6 heterocycles. The van der Waals surface area contributed by atoms with Crippen LogP contribution < -0.4 is 4.90 Å². The lowest BCUT2D eigenvalue weighted by atomic mass is 9.84. The van der Waals surface area contributed by atoms with Crippen LogP contribution in [0.1, 0.15) is 23.8 Å². The SMILES string of the molecule is O=C1CSC2=NC3=C([C@@H](c4cccs4)N12)[NH+]1CCC3CC1. The van der Waals surface area contributed by atoms with Gasteiger partial charge < -0.3 is 4.90 Å². The van der Waals surface area contributed by atoms with Crippen LogP contribution in [-0.4, -0.2) is 34.8 Å². The number of quaternary nitrogens is 1. The average Bonchev–Trinajstić information content (AvgIpc) is 3.17. The van der Waals surface area contributed by atoms with Crippen LogP contribution in [0, 0.1) is 5.92 Å². The molecule has 5 aliphatic rings. The maximum absolute atomic E-state index is 12.4. The summed E-state index contributed by atoms with van der Waals surface area (Å²) in [6.07, 6.45) is 2.50. The fraction of sp³-hybridized carbons (Fsp3) is 0.467. The zero-order valence-electron chi connectivity index (χ0n) is 11.5. The molecule has 0 spiro atoms. The highest BCUT2D eigenvalue weighted by Crippen LogP contribution is 2.44.